The van der Waals surface area contributed by atoms with E-state index in [9.17, 15) is 4.79 Å². The van der Waals surface area contributed by atoms with Crippen LogP contribution < -0.4 is 5.73 Å². The van der Waals surface area contributed by atoms with Crippen molar-refractivity contribution in [2.24, 2.45) is 11.7 Å². The van der Waals surface area contributed by atoms with Gasteiger partial charge >= 0.3 is 5.97 Å². The fourth-order valence-electron chi connectivity index (χ4n) is 2.70. The van der Waals surface area contributed by atoms with Gasteiger partial charge in [0.2, 0.25) is 0 Å². The van der Waals surface area contributed by atoms with E-state index in [1.165, 1.54) is 6.20 Å². The molecule has 27 heavy (non-hydrogen) atoms. The first-order valence-electron chi connectivity index (χ1n) is 9.93. The highest BCUT2D eigenvalue weighted by Crippen LogP contribution is 2.14. The second-order valence-corrected chi connectivity index (χ2v) is 7.75. The van der Waals surface area contributed by atoms with Gasteiger partial charge in [-0.3, -0.25) is 4.68 Å². The molecule has 2 N–H and O–H groups in total. The molecule has 0 aliphatic rings. The first-order chi connectivity index (χ1) is 12.8. The highest BCUT2D eigenvalue weighted by atomic mass is 16.6. The Morgan fingerprint density at radius 3 is 2.41 bits per heavy atom. The van der Waals surface area contributed by atoms with Crippen molar-refractivity contribution in [2.45, 2.75) is 72.1 Å². The standard InChI is InChI=1S/C20H37N3O4/c1-6-16(18(21)7-2)8-10-25-12-13-26-11-9-23-15-17(14-22-23)19(24)27-20(3,4)5/h14-16,18H,6-13,21H2,1-5H3. The molecule has 2 unspecified atom stereocenters. The van der Waals surface area contributed by atoms with Crippen molar-refractivity contribution in [2.75, 3.05) is 26.4 Å². The Labute approximate surface area is 163 Å². The van der Waals surface area contributed by atoms with Crippen LogP contribution >= 0.6 is 0 Å². The average molecular weight is 384 g/mol. The van der Waals surface area contributed by atoms with E-state index in [0.717, 1.165) is 19.3 Å². The van der Waals surface area contributed by atoms with Gasteiger partial charge in [-0.25, -0.2) is 4.79 Å². The smallest absolute Gasteiger partial charge is 0.341 e. The van der Waals surface area contributed by atoms with Gasteiger partial charge in [0.15, 0.2) is 0 Å². The summed E-state index contributed by atoms with van der Waals surface area (Å²) >= 11 is 0. The van der Waals surface area contributed by atoms with Crippen LogP contribution in [0.4, 0.5) is 0 Å². The molecule has 0 spiro atoms. The normalized spacial score (nSPS) is 14.1. The maximum atomic E-state index is 12.0. The molecule has 1 aromatic rings. The van der Waals surface area contributed by atoms with E-state index in [1.807, 2.05) is 20.8 Å². The molecule has 0 amide bonds. The van der Waals surface area contributed by atoms with Crippen molar-refractivity contribution in [1.29, 1.82) is 0 Å². The van der Waals surface area contributed by atoms with Gasteiger partial charge < -0.3 is 19.9 Å². The molecule has 0 aliphatic heterocycles. The maximum Gasteiger partial charge on any atom is 0.341 e. The summed E-state index contributed by atoms with van der Waals surface area (Å²) in [6.07, 6.45) is 6.28. The highest BCUT2D eigenvalue weighted by molar-refractivity contribution is 5.89. The molecule has 0 saturated heterocycles. The summed E-state index contributed by atoms with van der Waals surface area (Å²) in [4.78, 5) is 12.0. The first-order valence-corrected chi connectivity index (χ1v) is 9.93. The molecule has 1 heterocycles. The zero-order valence-corrected chi connectivity index (χ0v) is 17.6. The van der Waals surface area contributed by atoms with Gasteiger partial charge in [-0.05, 0) is 39.5 Å². The number of aromatic nitrogens is 2. The van der Waals surface area contributed by atoms with Crippen LogP contribution in [0.5, 0.6) is 0 Å². The van der Waals surface area contributed by atoms with Crippen molar-refractivity contribution in [1.82, 2.24) is 9.78 Å². The van der Waals surface area contributed by atoms with Crippen molar-refractivity contribution in [3.63, 3.8) is 0 Å². The molecule has 0 fully saturated rings. The van der Waals surface area contributed by atoms with Crippen molar-refractivity contribution in [3.05, 3.63) is 18.0 Å². The van der Waals surface area contributed by atoms with E-state index < -0.39 is 5.60 Å². The molecule has 0 bridgehead atoms. The summed E-state index contributed by atoms with van der Waals surface area (Å²) in [5, 5.41) is 4.16. The molecule has 156 valence electrons. The van der Waals surface area contributed by atoms with Crippen LogP contribution in [0.15, 0.2) is 12.4 Å². The SMILES string of the molecule is CCC(N)C(CC)CCOCCOCCn1cc(C(=O)OC(C)(C)C)cn1. The zero-order valence-electron chi connectivity index (χ0n) is 17.6. The molecular formula is C20H37N3O4. The summed E-state index contributed by atoms with van der Waals surface area (Å²) in [5.74, 6) is 0.158. The molecule has 2 atom stereocenters. The number of rotatable bonds is 13. The molecule has 1 aromatic heterocycles. The Morgan fingerprint density at radius 1 is 1.15 bits per heavy atom. The third-order valence-corrected chi connectivity index (χ3v) is 4.34. The van der Waals surface area contributed by atoms with Crippen molar-refractivity contribution >= 4 is 5.97 Å². The Bertz CT molecular complexity index is 540. The summed E-state index contributed by atoms with van der Waals surface area (Å²) in [6, 6.07) is 0.259. The van der Waals surface area contributed by atoms with Crippen LogP contribution in [0, 0.1) is 5.92 Å². The van der Waals surface area contributed by atoms with E-state index in [2.05, 4.69) is 18.9 Å². The number of carbonyl (C=O) groups is 1. The maximum absolute atomic E-state index is 12.0. The molecule has 1 rings (SSSR count). The molecule has 0 aliphatic carbocycles. The van der Waals surface area contributed by atoms with E-state index in [-0.39, 0.29) is 12.0 Å². The van der Waals surface area contributed by atoms with Crippen LogP contribution in [0.25, 0.3) is 0 Å². The Balaban J connectivity index is 2.13. The molecule has 0 aromatic carbocycles. The summed E-state index contributed by atoms with van der Waals surface area (Å²) < 4.78 is 18.2. The minimum absolute atomic E-state index is 0.259. The third kappa shape index (κ3) is 9.89. The summed E-state index contributed by atoms with van der Waals surface area (Å²) in [7, 11) is 0. The topological polar surface area (TPSA) is 88.6 Å². The Morgan fingerprint density at radius 2 is 1.81 bits per heavy atom. The lowest BCUT2D eigenvalue weighted by Crippen LogP contribution is -2.29. The molecule has 7 heteroatoms. The second-order valence-electron chi connectivity index (χ2n) is 7.75. The Hall–Kier alpha value is -1.44. The lowest BCUT2D eigenvalue weighted by molar-refractivity contribution is 0.00692. The fourth-order valence-corrected chi connectivity index (χ4v) is 2.70. The summed E-state index contributed by atoms with van der Waals surface area (Å²) in [5.41, 5.74) is 6.03. The van der Waals surface area contributed by atoms with Crippen molar-refractivity contribution in [3.8, 4) is 0 Å². The van der Waals surface area contributed by atoms with Crippen LogP contribution in [0.3, 0.4) is 0 Å². The lowest BCUT2D eigenvalue weighted by Gasteiger charge is -2.21. The van der Waals surface area contributed by atoms with Gasteiger partial charge in [-0.15, -0.1) is 0 Å². The number of hydrogen-bond acceptors (Lipinski definition) is 6. The quantitative estimate of drug-likeness (QED) is 0.416. The van der Waals surface area contributed by atoms with Gasteiger partial charge in [-0.1, -0.05) is 20.3 Å². The van der Waals surface area contributed by atoms with Crippen LogP contribution in [0.1, 0.15) is 64.2 Å². The summed E-state index contributed by atoms with van der Waals surface area (Å²) in [6.45, 7) is 12.7. The predicted octanol–water partition coefficient (Wildman–Crippen LogP) is 3.03. The molecular weight excluding hydrogens is 346 g/mol. The van der Waals surface area contributed by atoms with E-state index >= 15 is 0 Å². The second kappa shape index (κ2) is 12.1. The van der Waals surface area contributed by atoms with Gasteiger partial charge in [0.1, 0.15) is 5.60 Å². The molecule has 7 nitrogen and oxygen atoms in total. The fraction of sp³-hybridized carbons (Fsp3) is 0.800. The number of nitrogens with two attached hydrogens (primary N) is 1. The Kier molecular flexibility index (Phi) is 10.6. The van der Waals surface area contributed by atoms with E-state index in [4.69, 9.17) is 19.9 Å². The zero-order chi connectivity index (χ0) is 20.3. The van der Waals surface area contributed by atoms with E-state index in [0.29, 0.717) is 44.5 Å². The number of carbonyl (C=O) groups excluding carboxylic acids is 1. The average Bonchev–Trinajstić information content (AvgIpc) is 3.07. The lowest BCUT2D eigenvalue weighted by atomic mass is 9.93. The minimum atomic E-state index is -0.513. The third-order valence-electron chi connectivity index (χ3n) is 4.34. The van der Waals surface area contributed by atoms with E-state index in [1.54, 1.807) is 10.9 Å². The van der Waals surface area contributed by atoms with Gasteiger partial charge in [0.25, 0.3) is 0 Å². The van der Waals surface area contributed by atoms with Crippen LogP contribution in [-0.4, -0.2) is 53.8 Å². The largest absolute Gasteiger partial charge is 0.456 e. The first kappa shape index (κ1) is 23.6. The minimum Gasteiger partial charge on any atom is -0.456 e. The number of ether oxygens (including phenoxy) is 3. The van der Waals surface area contributed by atoms with Gasteiger partial charge in [0, 0.05) is 18.8 Å². The van der Waals surface area contributed by atoms with Gasteiger partial charge in [-0.2, -0.15) is 5.10 Å². The number of nitrogens with zero attached hydrogens (tertiary/aromatic N) is 2. The molecule has 0 radical (unpaired) electrons. The highest BCUT2D eigenvalue weighted by Gasteiger charge is 2.19. The number of esters is 1. The number of hydrogen-bond donors (Lipinski definition) is 1. The monoisotopic (exact) mass is 383 g/mol. The van der Waals surface area contributed by atoms with Gasteiger partial charge in [0.05, 0.1) is 38.1 Å². The van der Waals surface area contributed by atoms with Crippen LogP contribution in [-0.2, 0) is 20.8 Å². The molecule has 0 saturated carbocycles. The van der Waals surface area contributed by atoms with Crippen LogP contribution in [0.2, 0.25) is 0 Å². The van der Waals surface area contributed by atoms with Crippen molar-refractivity contribution < 1.29 is 19.0 Å². The predicted molar refractivity (Wildman–Crippen MR) is 106 cm³/mol.